The molecule has 0 fully saturated rings. The second-order valence-electron chi connectivity index (χ2n) is 7.89. The van der Waals surface area contributed by atoms with Crippen LogP contribution in [0.1, 0.15) is 6.42 Å². The minimum Gasteiger partial charge on any atom is -0.423 e. The molecule has 0 heterocycles. The number of hydrogen-bond acceptors (Lipinski definition) is 9. The Morgan fingerprint density at radius 2 is 1.23 bits per heavy atom. The monoisotopic (exact) mass is 518 g/mol. The lowest BCUT2D eigenvalue weighted by atomic mass is 10.4. The van der Waals surface area contributed by atoms with Gasteiger partial charge in [-0.15, -0.1) is 0 Å². The Kier molecular flexibility index (Phi) is 20.3. The van der Waals surface area contributed by atoms with Crippen LogP contribution in [0.25, 0.3) is 0 Å². The molecule has 9 nitrogen and oxygen atoms in total. The van der Waals surface area contributed by atoms with Crippen molar-refractivity contribution in [2.45, 2.75) is 51.3 Å². The molecule has 0 aliphatic carbocycles. The third-order valence-corrected chi connectivity index (χ3v) is 14.2. The second-order valence-corrected chi connectivity index (χ2v) is 18.3. The van der Waals surface area contributed by atoms with Crippen LogP contribution in [0.15, 0.2) is 0 Å². The number of hydrogen-bond donors (Lipinski definition) is 1. The third kappa shape index (κ3) is 19.7. The quantitative estimate of drug-likeness (QED) is 0.154. The molecule has 0 aromatic rings. The van der Waals surface area contributed by atoms with Gasteiger partial charge >= 0.3 is 8.80 Å². The molecular weight excluding hydrogens is 473 g/mol. The van der Waals surface area contributed by atoms with Gasteiger partial charge in [0.15, 0.2) is 8.32 Å². The first-order chi connectivity index (χ1) is 14.8. The van der Waals surface area contributed by atoms with Gasteiger partial charge in [0.2, 0.25) is 0 Å². The second kappa shape index (κ2) is 19.9. The molecule has 0 amide bonds. The molecule has 0 bridgehead atoms. The Labute approximate surface area is 195 Å². The van der Waals surface area contributed by atoms with E-state index in [-0.39, 0.29) is 13.2 Å². The fourth-order valence-corrected chi connectivity index (χ4v) is 14.7. The molecule has 0 radical (unpaired) electrons. The number of rotatable bonds is 23. The fraction of sp³-hybridized carbons (Fsp3) is 1.00. The Balaban J connectivity index is 3.85. The first-order valence-electron chi connectivity index (χ1n) is 11.2. The van der Waals surface area contributed by atoms with Crippen molar-refractivity contribution in [3.05, 3.63) is 0 Å². The molecule has 0 spiro atoms. The molecule has 0 aromatic carbocycles. The van der Waals surface area contributed by atoms with Crippen molar-refractivity contribution in [1.29, 1.82) is 0 Å². The van der Waals surface area contributed by atoms with E-state index >= 15 is 0 Å². The largest absolute Gasteiger partial charge is 0.468 e. The summed E-state index contributed by atoms with van der Waals surface area (Å²) in [6.45, 7) is 14.8. The van der Waals surface area contributed by atoms with Gasteiger partial charge in [-0.25, -0.2) is 0 Å². The van der Waals surface area contributed by atoms with Gasteiger partial charge in [-0.05, 0) is 26.1 Å². The lowest BCUT2D eigenvalue weighted by Crippen LogP contribution is -2.53. The highest BCUT2D eigenvalue weighted by Gasteiger charge is 2.42. The van der Waals surface area contributed by atoms with E-state index in [1.165, 1.54) is 0 Å². The minimum atomic E-state index is -2.57. The van der Waals surface area contributed by atoms with Crippen LogP contribution in [0, 0.1) is 0 Å². The summed E-state index contributed by atoms with van der Waals surface area (Å²) in [6.07, 6.45) is 0.143. The summed E-state index contributed by atoms with van der Waals surface area (Å²) < 4.78 is 45.3. The standard InChI is InChI=1S/C18H46O9Si4/c1-20-9-10-21-11-12-22-13-14-24-17-18(19)16-23-8-7-15-31(25-28-2,26-29-3)27-30(4,5)6/h18-19H,7-17,28-29H2,1-6H3. The van der Waals surface area contributed by atoms with Crippen LogP contribution < -0.4 is 0 Å². The highest BCUT2D eigenvalue weighted by atomic mass is 28.5. The predicted molar refractivity (Wildman–Crippen MR) is 132 cm³/mol. The van der Waals surface area contributed by atoms with Crippen LogP contribution in [0.3, 0.4) is 0 Å². The molecule has 13 heteroatoms. The number of aliphatic hydroxyl groups is 1. The SMILES string of the molecule is COCCOCCOCCOCC(O)COCCC[Si](O[SiH2]C)(O[SiH2]C)O[Si](C)(C)C. The lowest BCUT2D eigenvalue weighted by Gasteiger charge is -2.35. The smallest absolute Gasteiger partial charge is 0.423 e. The molecule has 188 valence electrons. The summed E-state index contributed by atoms with van der Waals surface area (Å²) in [5.41, 5.74) is 0. The zero-order valence-electron chi connectivity index (χ0n) is 20.5. The van der Waals surface area contributed by atoms with Crippen LogP contribution in [-0.4, -0.2) is 114 Å². The number of aliphatic hydroxyl groups excluding tert-OH is 1. The summed E-state index contributed by atoms with van der Waals surface area (Å²) in [6, 6.07) is 0.776. The molecule has 0 aliphatic rings. The van der Waals surface area contributed by atoms with E-state index in [0.717, 1.165) is 12.5 Å². The predicted octanol–water partition coefficient (Wildman–Crippen LogP) is 0.538. The van der Waals surface area contributed by atoms with Crippen LogP contribution in [0.5, 0.6) is 0 Å². The summed E-state index contributed by atoms with van der Waals surface area (Å²) >= 11 is 0. The van der Waals surface area contributed by atoms with Gasteiger partial charge in [0.25, 0.3) is 0 Å². The normalized spacial score (nSPS) is 16.0. The Bertz CT molecular complexity index is 397. The molecule has 31 heavy (non-hydrogen) atoms. The van der Waals surface area contributed by atoms with Gasteiger partial charge in [0, 0.05) is 19.8 Å². The third-order valence-electron chi connectivity index (χ3n) is 3.76. The Hall–Kier alpha value is 0.508. The van der Waals surface area contributed by atoms with Gasteiger partial charge in [-0.1, -0.05) is 13.1 Å². The van der Waals surface area contributed by atoms with E-state index in [1.54, 1.807) is 7.11 Å². The van der Waals surface area contributed by atoms with Crippen molar-refractivity contribution >= 4 is 36.6 Å². The van der Waals surface area contributed by atoms with Crippen molar-refractivity contribution in [2.24, 2.45) is 0 Å². The summed E-state index contributed by atoms with van der Waals surface area (Å²) in [4.78, 5) is 0. The topological polar surface area (TPSA) is 94.1 Å². The molecule has 0 saturated carbocycles. The van der Waals surface area contributed by atoms with Gasteiger partial charge in [0.05, 0.1) is 52.9 Å². The van der Waals surface area contributed by atoms with E-state index in [0.29, 0.717) is 46.2 Å². The molecular formula is C18H46O9Si4. The van der Waals surface area contributed by atoms with Crippen molar-refractivity contribution in [3.8, 4) is 0 Å². The average Bonchev–Trinajstić information content (AvgIpc) is 2.68. The highest BCUT2D eigenvalue weighted by molar-refractivity contribution is 6.82. The van der Waals surface area contributed by atoms with Crippen molar-refractivity contribution < 1.29 is 41.1 Å². The first kappa shape index (κ1) is 31.5. The molecule has 0 aliphatic heterocycles. The first-order valence-corrected chi connectivity index (χ1v) is 20.6. The molecule has 1 N–H and O–H groups in total. The zero-order chi connectivity index (χ0) is 23.4. The van der Waals surface area contributed by atoms with E-state index < -0.39 is 42.8 Å². The summed E-state index contributed by atoms with van der Waals surface area (Å²) in [7, 11) is -3.92. The average molecular weight is 519 g/mol. The van der Waals surface area contributed by atoms with Crippen LogP contribution in [-0.2, 0) is 36.0 Å². The van der Waals surface area contributed by atoms with Gasteiger partial charge < -0.3 is 41.1 Å². The molecule has 1 atom stereocenters. The van der Waals surface area contributed by atoms with Gasteiger partial charge in [0.1, 0.15) is 25.6 Å². The van der Waals surface area contributed by atoms with Crippen LogP contribution in [0.2, 0.25) is 38.8 Å². The van der Waals surface area contributed by atoms with E-state index in [9.17, 15) is 5.11 Å². The Morgan fingerprint density at radius 1 is 0.742 bits per heavy atom. The zero-order valence-corrected chi connectivity index (χ0v) is 25.3. The Morgan fingerprint density at radius 3 is 1.71 bits per heavy atom. The van der Waals surface area contributed by atoms with E-state index in [2.05, 4.69) is 32.7 Å². The van der Waals surface area contributed by atoms with Crippen molar-refractivity contribution in [3.63, 3.8) is 0 Å². The maximum absolute atomic E-state index is 9.98. The molecule has 1 unspecified atom stereocenters. The molecule has 0 rings (SSSR count). The summed E-state index contributed by atoms with van der Waals surface area (Å²) in [5, 5.41) is 9.98. The van der Waals surface area contributed by atoms with Crippen molar-refractivity contribution in [2.75, 3.05) is 66.6 Å². The number of ether oxygens (including phenoxy) is 5. The van der Waals surface area contributed by atoms with E-state index in [1.807, 2.05) is 0 Å². The van der Waals surface area contributed by atoms with Crippen LogP contribution in [0.4, 0.5) is 0 Å². The number of methoxy groups -OCH3 is 1. The lowest BCUT2D eigenvalue weighted by molar-refractivity contribution is -0.0378. The molecule has 0 saturated heterocycles. The highest BCUT2D eigenvalue weighted by Crippen LogP contribution is 2.22. The van der Waals surface area contributed by atoms with Gasteiger partial charge in [-0.2, -0.15) is 0 Å². The maximum atomic E-state index is 9.98. The molecule has 0 aromatic heterocycles. The fourth-order valence-electron chi connectivity index (χ4n) is 2.66. The van der Waals surface area contributed by atoms with Crippen molar-refractivity contribution in [1.82, 2.24) is 0 Å². The van der Waals surface area contributed by atoms with E-state index in [4.69, 9.17) is 36.0 Å². The maximum Gasteiger partial charge on any atom is 0.468 e. The van der Waals surface area contributed by atoms with Crippen LogP contribution >= 0.6 is 0 Å². The summed E-state index contributed by atoms with van der Waals surface area (Å²) in [5.74, 6) is 0. The minimum absolute atomic E-state index is 0.222. The van der Waals surface area contributed by atoms with Gasteiger partial charge in [-0.3, -0.25) is 0 Å².